The van der Waals surface area contributed by atoms with Crippen LogP contribution in [0.4, 0.5) is 5.69 Å². The van der Waals surface area contributed by atoms with Crippen molar-refractivity contribution in [3.8, 4) is 45.5 Å². The summed E-state index contributed by atoms with van der Waals surface area (Å²) >= 11 is 0. The van der Waals surface area contributed by atoms with Crippen molar-refractivity contribution >= 4 is 49.2 Å². The third kappa shape index (κ3) is 14.7. The second-order valence-electron chi connectivity index (χ2n) is 29.2. The fourth-order valence-electron chi connectivity index (χ4n) is 14.9. The smallest absolute Gasteiger partial charge is 0.238 e. The van der Waals surface area contributed by atoms with Gasteiger partial charge in [0.05, 0.1) is 45.0 Å². The van der Waals surface area contributed by atoms with Crippen LogP contribution in [0, 0.1) is 104 Å². The molecule has 0 radical (unpaired) electrons. The summed E-state index contributed by atoms with van der Waals surface area (Å²) in [7, 11) is 0. The lowest BCUT2D eigenvalue weighted by atomic mass is 9.85. The molecule has 0 aliphatic rings. The van der Waals surface area contributed by atoms with E-state index in [1.165, 1.54) is 118 Å². The SMILES string of the molecule is Cc1c(-[n+]2ccccc2C)cc(C(C)(C)C)cc1-[n+]1cnc2ccccc2c1C.Cc1c(-[n+]2ccccc2C)cccc1-[n+]1cnc2ccccc2c1C.Cc1cc(C)c(-[n+]2cc3ccccc3cc2C)c(C)c1-[n+]1cnccc1C.[C-]#[N+]c1cc(-[n+]2ccccc2C)c(C)c(-[n+]2cnc3ccccc3c2C)c1. The monoisotopic (exact) mass is 1420 g/mol. The molecule has 0 saturated carbocycles. The molecule has 0 unspecified atom stereocenters. The van der Waals surface area contributed by atoms with E-state index >= 15 is 0 Å². The molecule has 13 nitrogen and oxygen atoms in total. The molecule has 16 aromatic rings. The van der Waals surface area contributed by atoms with Gasteiger partial charge in [0.25, 0.3) is 25.3 Å². The number of rotatable bonds is 8. The second kappa shape index (κ2) is 31.1. The summed E-state index contributed by atoms with van der Waals surface area (Å²) in [5.74, 6) is 0. The third-order valence-electron chi connectivity index (χ3n) is 21.0. The molecule has 0 fully saturated rings. The van der Waals surface area contributed by atoms with Gasteiger partial charge in [-0.05, 0) is 173 Å². The molecule has 0 aliphatic carbocycles. The number of aromatic nitrogens is 12. The average Bonchev–Trinajstić information content (AvgIpc) is 0.763. The van der Waals surface area contributed by atoms with Gasteiger partial charge in [-0.1, -0.05) is 105 Å². The summed E-state index contributed by atoms with van der Waals surface area (Å²) in [6.07, 6.45) is 18.0. The second-order valence-corrected chi connectivity index (χ2v) is 29.2. The molecule has 0 aliphatic heterocycles. The molecular formula is C95H95N13+8. The van der Waals surface area contributed by atoms with E-state index in [0.717, 1.165) is 55.9 Å². The summed E-state index contributed by atoms with van der Waals surface area (Å²) < 4.78 is 17.6. The van der Waals surface area contributed by atoms with Crippen LogP contribution < -0.4 is 36.5 Å². The summed E-state index contributed by atoms with van der Waals surface area (Å²) in [4.78, 5) is 22.0. The van der Waals surface area contributed by atoms with Gasteiger partial charge in [-0.15, -0.1) is 0 Å². The van der Waals surface area contributed by atoms with Gasteiger partial charge in [0, 0.05) is 105 Å². The normalized spacial score (nSPS) is 11.2. The zero-order valence-corrected chi connectivity index (χ0v) is 65.2. The molecule has 8 heterocycles. The van der Waals surface area contributed by atoms with Gasteiger partial charge < -0.3 is 0 Å². The fourth-order valence-corrected chi connectivity index (χ4v) is 14.9. The lowest BCUT2D eigenvalue weighted by molar-refractivity contribution is -0.613. The van der Waals surface area contributed by atoms with E-state index in [1.807, 2.05) is 98.4 Å². The molecule has 0 bridgehead atoms. The number of fused-ring (bicyclic) bond motifs is 4. The molecule has 0 spiro atoms. The van der Waals surface area contributed by atoms with Gasteiger partial charge in [-0.3, -0.25) is 0 Å². The van der Waals surface area contributed by atoms with Crippen molar-refractivity contribution in [1.82, 2.24) is 19.9 Å². The first-order valence-corrected chi connectivity index (χ1v) is 36.8. The van der Waals surface area contributed by atoms with E-state index in [1.54, 1.807) is 0 Å². The highest BCUT2D eigenvalue weighted by Gasteiger charge is 2.30. The summed E-state index contributed by atoms with van der Waals surface area (Å²) in [6.45, 7) is 44.5. The van der Waals surface area contributed by atoms with Crippen LogP contribution in [0.3, 0.4) is 0 Å². The lowest BCUT2D eigenvalue weighted by Gasteiger charge is -2.21. The van der Waals surface area contributed by atoms with E-state index in [4.69, 9.17) is 11.6 Å². The molecule has 13 heteroatoms. The molecular weight excluding hydrogens is 1320 g/mol. The minimum atomic E-state index is 0.0409. The van der Waals surface area contributed by atoms with Crippen LogP contribution in [0.5, 0.6) is 0 Å². The van der Waals surface area contributed by atoms with Crippen molar-refractivity contribution in [2.24, 2.45) is 0 Å². The first-order chi connectivity index (χ1) is 52.0. The van der Waals surface area contributed by atoms with Crippen LogP contribution >= 0.6 is 0 Å². The van der Waals surface area contributed by atoms with Gasteiger partial charge in [-0.25, -0.2) is 9.41 Å². The number of benzene rings is 8. The van der Waals surface area contributed by atoms with Gasteiger partial charge in [0.2, 0.25) is 22.7 Å². The Morgan fingerprint density at radius 3 is 1.16 bits per heavy atom. The van der Waals surface area contributed by atoms with Crippen molar-refractivity contribution in [3.05, 3.63) is 365 Å². The highest BCUT2D eigenvalue weighted by molar-refractivity contribution is 5.82. The molecule has 0 amide bonds. The van der Waals surface area contributed by atoms with E-state index in [2.05, 4.69) is 344 Å². The third-order valence-corrected chi connectivity index (χ3v) is 21.0. The zero-order valence-electron chi connectivity index (χ0n) is 65.2. The Morgan fingerprint density at radius 2 is 0.694 bits per heavy atom. The first kappa shape index (κ1) is 73.5. The Bertz CT molecular complexity index is 6200. The van der Waals surface area contributed by atoms with Gasteiger partial charge >= 0.3 is 0 Å². The number of aryl methyl sites for hydroxylation is 10. The number of para-hydroxylation sites is 3. The van der Waals surface area contributed by atoms with Crippen LogP contribution in [0.25, 0.3) is 93.8 Å². The standard InChI is InChI=1S/C26H29N3.C24H25N3.C23H20N4.C22H21N3/c1-18-11-9-10-14-28(18)24-15-21(26(4,5)6)16-25(19(24)2)29-17-27-23-13-8-7-12-22(23)20(29)3;1-16-12-17(2)24(27-15-25-11-10-18(27)3)20(5)23(16)26-14-22-9-7-6-8-21(22)13-19(26)4;1-16-9-7-8-12-26(16)22-13-19(24-4)14-23(17(22)2)27-15-25-21-11-6-5-10-20(21)18(27)3;1-16-9-6-7-14-24(16)21-12-8-13-22(17(21)2)25-15-23-20-11-5-4-10-19(20)18(25)3/h7-17H,1-6H3;6-15H,1-5H3;5-15H,1-3H3;4-15H,1-3H3/q4*+2. The van der Waals surface area contributed by atoms with E-state index in [9.17, 15) is 0 Å². The highest BCUT2D eigenvalue weighted by Crippen LogP contribution is 2.31. The van der Waals surface area contributed by atoms with E-state index < -0.39 is 0 Å². The highest BCUT2D eigenvalue weighted by atomic mass is 15.1. The van der Waals surface area contributed by atoms with E-state index in [-0.39, 0.29) is 5.41 Å². The van der Waals surface area contributed by atoms with Crippen LogP contribution in [-0.4, -0.2) is 19.9 Å². The minimum Gasteiger partial charge on any atom is -0.238 e. The maximum atomic E-state index is 7.56. The first-order valence-electron chi connectivity index (χ1n) is 36.8. The molecule has 16 rings (SSSR count). The molecule has 0 atom stereocenters. The van der Waals surface area contributed by atoms with Crippen molar-refractivity contribution in [2.75, 3.05) is 0 Å². The van der Waals surface area contributed by atoms with Gasteiger partial charge in [-0.2, -0.15) is 32.0 Å². The van der Waals surface area contributed by atoms with Crippen LogP contribution in [0.1, 0.15) is 105 Å². The predicted molar refractivity (Wildman–Crippen MR) is 431 cm³/mol. The Hall–Kier alpha value is -12.8. The van der Waals surface area contributed by atoms with Crippen LogP contribution in [-0.2, 0) is 5.41 Å². The van der Waals surface area contributed by atoms with E-state index in [0.29, 0.717) is 5.69 Å². The number of pyridine rings is 4. The fraction of sp³-hybridized carbons (Fsp3) is 0.189. The van der Waals surface area contributed by atoms with Crippen molar-refractivity contribution in [1.29, 1.82) is 0 Å². The van der Waals surface area contributed by atoms with Crippen molar-refractivity contribution in [2.45, 2.75) is 123 Å². The Kier molecular flexibility index (Phi) is 21.2. The quantitative estimate of drug-likeness (QED) is 0.112. The average molecular weight is 1420 g/mol. The number of hydrogen-bond acceptors (Lipinski definition) is 4. The lowest BCUT2D eigenvalue weighted by Crippen LogP contribution is -2.40. The Balaban J connectivity index is 0.000000127. The van der Waals surface area contributed by atoms with Crippen molar-refractivity contribution < 1.29 is 36.5 Å². The number of hydrogen-bond donors (Lipinski definition) is 0. The summed E-state index contributed by atoms with van der Waals surface area (Å²) in [6, 6.07) is 73.5. The van der Waals surface area contributed by atoms with Gasteiger partial charge in [0.15, 0.2) is 69.8 Å². The Labute approximate surface area is 635 Å². The molecule has 0 N–H and O–H groups in total. The largest absolute Gasteiger partial charge is 0.292 e. The van der Waals surface area contributed by atoms with Crippen molar-refractivity contribution in [3.63, 3.8) is 0 Å². The molecule has 0 saturated heterocycles. The minimum absolute atomic E-state index is 0.0409. The Morgan fingerprint density at radius 1 is 0.315 bits per heavy atom. The van der Waals surface area contributed by atoms with Crippen LogP contribution in [0.2, 0.25) is 0 Å². The molecule has 8 aromatic heterocycles. The zero-order chi connectivity index (χ0) is 76.2. The van der Waals surface area contributed by atoms with Crippen LogP contribution in [0.15, 0.2) is 269 Å². The predicted octanol–water partition coefficient (Wildman–Crippen LogP) is 17.3. The maximum absolute atomic E-state index is 7.56. The molecule has 108 heavy (non-hydrogen) atoms. The summed E-state index contributed by atoms with van der Waals surface area (Å²) in [5.41, 5.74) is 31.0. The van der Waals surface area contributed by atoms with Gasteiger partial charge in [0.1, 0.15) is 51.7 Å². The maximum Gasteiger partial charge on any atom is 0.292 e. The molecule has 532 valence electrons. The number of nitrogens with zero attached hydrogens (tertiary/aromatic N) is 13. The molecule has 8 aromatic carbocycles. The topological polar surface area (TPSA) is 87.0 Å². The summed E-state index contributed by atoms with van der Waals surface area (Å²) in [5, 5.41) is 5.98.